The van der Waals surface area contributed by atoms with E-state index in [1.54, 1.807) is 0 Å². The summed E-state index contributed by atoms with van der Waals surface area (Å²) in [5, 5.41) is 14.1. The Morgan fingerprint density at radius 1 is 1.53 bits per heavy atom. The van der Waals surface area contributed by atoms with Crippen LogP contribution in [0.3, 0.4) is 0 Å². The molecule has 0 saturated carbocycles. The molecule has 1 atom stereocenters. The van der Waals surface area contributed by atoms with Crippen molar-refractivity contribution in [2.24, 2.45) is 0 Å². The highest BCUT2D eigenvalue weighted by molar-refractivity contribution is 5.35. The fraction of sp³-hybridized carbons (Fsp3) is 0.538. The highest BCUT2D eigenvalue weighted by Crippen LogP contribution is 2.17. The molecule has 1 aromatic rings. The maximum atomic E-state index is 13.3. The topological polar surface area (TPSA) is 58.4 Å². The lowest BCUT2D eigenvalue weighted by Crippen LogP contribution is -2.34. The van der Waals surface area contributed by atoms with Crippen LogP contribution in [-0.4, -0.2) is 36.0 Å². The lowest BCUT2D eigenvalue weighted by molar-refractivity contribution is -0.385. The molecule has 1 unspecified atom stereocenters. The van der Waals surface area contributed by atoms with Crippen LogP contribution in [0.4, 0.5) is 10.1 Å². The number of non-ortho nitro benzene ring substituents is 1. The summed E-state index contributed by atoms with van der Waals surface area (Å²) in [6, 6.07) is 4.20. The van der Waals surface area contributed by atoms with Crippen molar-refractivity contribution in [2.75, 3.05) is 20.1 Å². The van der Waals surface area contributed by atoms with Gasteiger partial charge in [0.2, 0.25) is 0 Å². The van der Waals surface area contributed by atoms with Crippen LogP contribution < -0.4 is 5.32 Å². The van der Waals surface area contributed by atoms with Crippen molar-refractivity contribution in [3.63, 3.8) is 0 Å². The van der Waals surface area contributed by atoms with E-state index in [0.29, 0.717) is 18.2 Å². The fourth-order valence-corrected chi connectivity index (χ4v) is 2.50. The summed E-state index contributed by atoms with van der Waals surface area (Å²) in [6.45, 7) is 2.42. The summed E-state index contributed by atoms with van der Waals surface area (Å²) in [6.07, 6.45) is 2.33. The number of benzene rings is 1. The van der Waals surface area contributed by atoms with Crippen LogP contribution in [-0.2, 0) is 6.54 Å². The van der Waals surface area contributed by atoms with Gasteiger partial charge in [0, 0.05) is 25.2 Å². The van der Waals surface area contributed by atoms with Crippen molar-refractivity contribution in [1.82, 2.24) is 10.2 Å². The standard InChI is InChI=1S/C13H18FN3O2/c1-16(9-12-3-2-4-15-12)8-10-5-11(14)7-13(6-10)17(18)19/h5-7,12,15H,2-4,8-9H2,1H3. The second kappa shape index (κ2) is 6.08. The Hall–Kier alpha value is -1.53. The van der Waals surface area contributed by atoms with Crippen molar-refractivity contribution >= 4 is 5.69 Å². The highest BCUT2D eigenvalue weighted by Gasteiger charge is 2.17. The van der Waals surface area contributed by atoms with E-state index in [0.717, 1.165) is 25.6 Å². The quantitative estimate of drug-likeness (QED) is 0.654. The molecule has 1 saturated heterocycles. The molecule has 1 fully saturated rings. The predicted octanol–water partition coefficient (Wildman–Crippen LogP) is 1.92. The van der Waals surface area contributed by atoms with Crippen LogP contribution in [0.15, 0.2) is 18.2 Å². The maximum absolute atomic E-state index is 13.3. The molecule has 0 aromatic heterocycles. The Labute approximate surface area is 111 Å². The van der Waals surface area contributed by atoms with Crippen molar-refractivity contribution < 1.29 is 9.31 Å². The van der Waals surface area contributed by atoms with Gasteiger partial charge in [-0.2, -0.15) is 0 Å². The van der Waals surface area contributed by atoms with Crippen LogP contribution in [0.5, 0.6) is 0 Å². The van der Waals surface area contributed by atoms with Gasteiger partial charge in [-0.05, 0) is 38.1 Å². The molecule has 0 radical (unpaired) electrons. The zero-order valence-corrected chi connectivity index (χ0v) is 10.9. The average molecular weight is 267 g/mol. The molecular weight excluding hydrogens is 249 g/mol. The largest absolute Gasteiger partial charge is 0.313 e. The SMILES string of the molecule is CN(Cc1cc(F)cc([N+](=O)[O-])c1)CC1CCCN1. The van der Waals surface area contributed by atoms with E-state index >= 15 is 0 Å². The molecular formula is C13H18FN3O2. The minimum atomic E-state index is -0.564. The number of hydrogen-bond donors (Lipinski definition) is 1. The van der Waals surface area contributed by atoms with E-state index in [2.05, 4.69) is 10.2 Å². The lowest BCUT2D eigenvalue weighted by atomic mass is 10.1. The van der Waals surface area contributed by atoms with Gasteiger partial charge in [-0.15, -0.1) is 0 Å². The third kappa shape index (κ3) is 3.97. The lowest BCUT2D eigenvalue weighted by Gasteiger charge is -2.21. The molecule has 0 aliphatic carbocycles. The smallest absolute Gasteiger partial charge is 0.272 e. The number of halogens is 1. The zero-order chi connectivity index (χ0) is 13.8. The summed E-state index contributed by atoms with van der Waals surface area (Å²) in [7, 11) is 1.94. The van der Waals surface area contributed by atoms with E-state index < -0.39 is 10.7 Å². The van der Waals surface area contributed by atoms with Gasteiger partial charge >= 0.3 is 0 Å². The molecule has 1 N–H and O–H groups in total. The van der Waals surface area contributed by atoms with Crippen LogP contribution >= 0.6 is 0 Å². The van der Waals surface area contributed by atoms with Crippen molar-refractivity contribution in [1.29, 1.82) is 0 Å². The molecule has 6 heteroatoms. The van der Waals surface area contributed by atoms with Gasteiger partial charge in [0.25, 0.3) is 5.69 Å². The Kier molecular flexibility index (Phi) is 4.44. The zero-order valence-electron chi connectivity index (χ0n) is 10.9. The average Bonchev–Trinajstić information content (AvgIpc) is 2.80. The molecule has 19 heavy (non-hydrogen) atoms. The summed E-state index contributed by atoms with van der Waals surface area (Å²) >= 11 is 0. The number of likely N-dealkylation sites (N-methyl/N-ethyl adjacent to an activating group) is 1. The molecule has 104 valence electrons. The minimum Gasteiger partial charge on any atom is -0.313 e. The van der Waals surface area contributed by atoms with Gasteiger partial charge in [0.15, 0.2) is 0 Å². The van der Waals surface area contributed by atoms with E-state index in [1.807, 2.05) is 7.05 Å². The van der Waals surface area contributed by atoms with Crippen molar-refractivity contribution in [3.8, 4) is 0 Å². The predicted molar refractivity (Wildman–Crippen MR) is 70.4 cm³/mol. The minimum absolute atomic E-state index is 0.192. The molecule has 5 nitrogen and oxygen atoms in total. The van der Waals surface area contributed by atoms with Gasteiger partial charge in [0.05, 0.1) is 11.0 Å². The monoisotopic (exact) mass is 267 g/mol. The van der Waals surface area contributed by atoms with E-state index in [1.165, 1.54) is 18.6 Å². The second-order valence-corrected chi connectivity index (χ2v) is 5.06. The summed E-state index contributed by atoms with van der Waals surface area (Å²) < 4.78 is 13.3. The van der Waals surface area contributed by atoms with Crippen LogP contribution in [0.25, 0.3) is 0 Å². The molecule has 0 bridgehead atoms. The number of nitrogens with zero attached hydrogens (tertiary/aromatic N) is 2. The van der Waals surface area contributed by atoms with Crippen LogP contribution in [0.2, 0.25) is 0 Å². The Morgan fingerprint density at radius 3 is 2.95 bits per heavy atom. The molecule has 2 rings (SSSR count). The van der Waals surface area contributed by atoms with Crippen molar-refractivity contribution in [3.05, 3.63) is 39.7 Å². The van der Waals surface area contributed by atoms with Gasteiger partial charge in [-0.25, -0.2) is 4.39 Å². The number of nitrogens with one attached hydrogen (secondary N) is 1. The van der Waals surface area contributed by atoms with Gasteiger partial charge in [-0.1, -0.05) is 0 Å². The fourth-order valence-electron chi connectivity index (χ4n) is 2.50. The number of nitro benzene ring substituents is 1. The van der Waals surface area contributed by atoms with Crippen LogP contribution in [0.1, 0.15) is 18.4 Å². The maximum Gasteiger partial charge on any atom is 0.272 e. The first kappa shape index (κ1) is 13.9. The number of hydrogen-bond acceptors (Lipinski definition) is 4. The molecule has 1 heterocycles. The van der Waals surface area contributed by atoms with E-state index in [4.69, 9.17) is 0 Å². The molecule has 1 aliphatic rings. The number of rotatable bonds is 5. The number of nitro groups is 1. The Bertz CT molecular complexity index is 461. The highest BCUT2D eigenvalue weighted by atomic mass is 19.1. The first-order chi connectivity index (χ1) is 9.04. The first-order valence-corrected chi connectivity index (χ1v) is 6.40. The normalized spacial score (nSPS) is 19.0. The van der Waals surface area contributed by atoms with E-state index in [9.17, 15) is 14.5 Å². The first-order valence-electron chi connectivity index (χ1n) is 6.40. The summed E-state index contributed by atoms with van der Waals surface area (Å²) in [5.74, 6) is -0.559. The van der Waals surface area contributed by atoms with Crippen LogP contribution in [0, 0.1) is 15.9 Å². The summed E-state index contributed by atoms with van der Waals surface area (Å²) in [5.41, 5.74) is 0.439. The third-order valence-corrected chi connectivity index (χ3v) is 3.30. The molecule has 1 aromatic carbocycles. The third-order valence-electron chi connectivity index (χ3n) is 3.30. The second-order valence-electron chi connectivity index (χ2n) is 5.06. The Morgan fingerprint density at radius 2 is 2.32 bits per heavy atom. The van der Waals surface area contributed by atoms with Crippen molar-refractivity contribution in [2.45, 2.75) is 25.4 Å². The van der Waals surface area contributed by atoms with Gasteiger partial charge in [-0.3, -0.25) is 10.1 Å². The summed E-state index contributed by atoms with van der Waals surface area (Å²) in [4.78, 5) is 12.2. The van der Waals surface area contributed by atoms with Gasteiger partial charge < -0.3 is 10.2 Å². The molecule has 1 aliphatic heterocycles. The van der Waals surface area contributed by atoms with E-state index in [-0.39, 0.29) is 5.69 Å². The Balaban J connectivity index is 1.99. The molecule has 0 amide bonds. The molecule has 0 spiro atoms. The van der Waals surface area contributed by atoms with Gasteiger partial charge in [0.1, 0.15) is 5.82 Å².